The Morgan fingerprint density at radius 2 is 1.89 bits per heavy atom. The van der Waals surface area contributed by atoms with Gasteiger partial charge in [-0.2, -0.15) is 0 Å². The van der Waals surface area contributed by atoms with Gasteiger partial charge in [-0.05, 0) is 36.4 Å². The third-order valence-electron chi connectivity index (χ3n) is 3.69. The van der Waals surface area contributed by atoms with Crippen molar-refractivity contribution in [3.8, 4) is 17.0 Å². The topological polar surface area (TPSA) is 106 Å². The average molecular weight is 366 g/mol. The molecule has 8 heteroatoms. The summed E-state index contributed by atoms with van der Waals surface area (Å²) in [6, 6.07) is 12.2. The first-order valence-corrected chi connectivity index (χ1v) is 8.16. The lowest BCUT2D eigenvalue weighted by Crippen LogP contribution is -2.18. The Bertz CT molecular complexity index is 950. The number of anilines is 1. The van der Waals surface area contributed by atoms with Gasteiger partial charge in [-0.15, -0.1) is 0 Å². The number of methoxy groups -OCH3 is 1. The first-order valence-electron chi connectivity index (χ1n) is 8.16. The predicted molar refractivity (Wildman–Crippen MR) is 98.2 cm³/mol. The Labute approximate surface area is 155 Å². The van der Waals surface area contributed by atoms with Crippen LogP contribution < -0.4 is 15.4 Å². The molecule has 0 aliphatic rings. The molecule has 0 bridgehead atoms. The highest BCUT2D eigenvalue weighted by atomic mass is 16.5. The Morgan fingerprint density at radius 3 is 2.59 bits per heavy atom. The molecule has 0 radical (unpaired) electrons. The van der Waals surface area contributed by atoms with Crippen LogP contribution in [0.2, 0.25) is 0 Å². The average Bonchev–Trinajstić information content (AvgIpc) is 3.16. The zero-order chi connectivity index (χ0) is 19.2. The summed E-state index contributed by atoms with van der Waals surface area (Å²) in [5.41, 5.74) is 1.53. The van der Waals surface area contributed by atoms with Crippen molar-refractivity contribution < 1.29 is 18.7 Å². The van der Waals surface area contributed by atoms with E-state index in [0.29, 0.717) is 17.3 Å². The summed E-state index contributed by atoms with van der Waals surface area (Å²) in [6.45, 7) is 1.63. The predicted octanol–water partition coefficient (Wildman–Crippen LogP) is 2.63. The summed E-state index contributed by atoms with van der Waals surface area (Å²) in [7, 11) is 1.60. The number of aromatic nitrogens is 2. The second-order valence-electron chi connectivity index (χ2n) is 5.65. The van der Waals surface area contributed by atoms with Crippen LogP contribution in [0, 0.1) is 0 Å². The number of hydrogen-bond donors (Lipinski definition) is 2. The van der Waals surface area contributed by atoms with Crippen LogP contribution in [0.1, 0.15) is 23.2 Å². The molecule has 0 fully saturated rings. The van der Waals surface area contributed by atoms with E-state index >= 15 is 0 Å². The third-order valence-corrected chi connectivity index (χ3v) is 3.69. The minimum Gasteiger partial charge on any atom is -0.497 e. The van der Waals surface area contributed by atoms with Gasteiger partial charge in [0.2, 0.25) is 5.91 Å². The fourth-order valence-electron chi connectivity index (χ4n) is 2.33. The molecule has 27 heavy (non-hydrogen) atoms. The highest BCUT2D eigenvalue weighted by molar-refractivity contribution is 6.01. The van der Waals surface area contributed by atoms with Gasteiger partial charge in [0.15, 0.2) is 5.76 Å². The fourth-order valence-corrected chi connectivity index (χ4v) is 2.33. The maximum atomic E-state index is 12.3. The summed E-state index contributed by atoms with van der Waals surface area (Å²) in [5.74, 6) is 1.08. The van der Waals surface area contributed by atoms with Crippen molar-refractivity contribution >= 4 is 17.6 Å². The molecule has 2 aromatic heterocycles. The van der Waals surface area contributed by atoms with Crippen molar-refractivity contribution in [2.75, 3.05) is 12.4 Å². The summed E-state index contributed by atoms with van der Waals surface area (Å²) in [4.78, 5) is 31.5. The second kappa shape index (κ2) is 8.13. The number of benzene rings is 1. The minimum absolute atomic E-state index is 0.125. The molecule has 1 aromatic carbocycles. The van der Waals surface area contributed by atoms with Gasteiger partial charge in [0.25, 0.3) is 5.91 Å². The van der Waals surface area contributed by atoms with E-state index in [1.165, 1.54) is 19.3 Å². The Hall–Kier alpha value is -3.68. The zero-order valence-electron chi connectivity index (χ0n) is 14.9. The molecule has 0 aliphatic carbocycles. The highest BCUT2D eigenvalue weighted by Crippen LogP contribution is 2.22. The van der Waals surface area contributed by atoms with Crippen molar-refractivity contribution in [1.82, 2.24) is 15.3 Å². The number of amides is 2. The van der Waals surface area contributed by atoms with Crippen molar-refractivity contribution in [3.05, 3.63) is 60.3 Å². The Morgan fingerprint density at radius 1 is 1.11 bits per heavy atom. The molecule has 0 spiro atoms. The lowest BCUT2D eigenvalue weighted by molar-refractivity contribution is -0.119. The van der Waals surface area contributed by atoms with Crippen molar-refractivity contribution in [3.63, 3.8) is 0 Å². The Kier molecular flexibility index (Phi) is 5.46. The number of carbonyl (C=O) groups is 2. The van der Waals surface area contributed by atoms with E-state index in [0.717, 1.165) is 11.3 Å². The molecule has 3 rings (SSSR count). The van der Waals surface area contributed by atoms with Gasteiger partial charge in [-0.3, -0.25) is 9.59 Å². The number of ether oxygens (including phenoxy) is 1. The molecule has 0 saturated heterocycles. The Balaban J connectivity index is 1.70. The van der Waals surface area contributed by atoms with Crippen molar-refractivity contribution in [1.29, 1.82) is 0 Å². The van der Waals surface area contributed by atoms with Gasteiger partial charge in [0.05, 0.1) is 19.3 Å². The van der Waals surface area contributed by atoms with Gasteiger partial charge in [-0.25, -0.2) is 9.97 Å². The minimum atomic E-state index is -0.441. The molecule has 2 amide bonds. The number of carbonyl (C=O) groups excluding carboxylic acids is 2. The number of furan rings is 1. The molecule has 3 aromatic rings. The van der Waals surface area contributed by atoms with Crippen LogP contribution in [0.3, 0.4) is 0 Å². The molecule has 8 nitrogen and oxygen atoms in total. The van der Waals surface area contributed by atoms with Crippen LogP contribution >= 0.6 is 0 Å². The summed E-state index contributed by atoms with van der Waals surface area (Å²) >= 11 is 0. The number of nitrogens with one attached hydrogen (secondary N) is 2. The smallest absolute Gasteiger partial charge is 0.292 e. The van der Waals surface area contributed by atoms with Crippen molar-refractivity contribution in [2.45, 2.75) is 13.5 Å². The van der Waals surface area contributed by atoms with Crippen LogP contribution in [0.25, 0.3) is 11.3 Å². The summed E-state index contributed by atoms with van der Waals surface area (Å²) in [6.07, 6.45) is 1.37. The van der Waals surface area contributed by atoms with E-state index in [2.05, 4.69) is 20.6 Å². The molecule has 0 unspecified atom stereocenters. The van der Waals surface area contributed by atoms with E-state index in [4.69, 9.17) is 9.15 Å². The van der Waals surface area contributed by atoms with Crippen LogP contribution in [0.15, 0.2) is 53.2 Å². The highest BCUT2D eigenvalue weighted by Gasteiger charge is 2.13. The van der Waals surface area contributed by atoms with E-state index in [1.54, 1.807) is 19.2 Å². The van der Waals surface area contributed by atoms with E-state index in [9.17, 15) is 9.59 Å². The number of hydrogen-bond acceptors (Lipinski definition) is 6. The number of rotatable bonds is 6. The normalized spacial score (nSPS) is 10.3. The van der Waals surface area contributed by atoms with Crippen molar-refractivity contribution in [2.24, 2.45) is 0 Å². The molecule has 0 aliphatic heterocycles. The van der Waals surface area contributed by atoms with Crippen LogP contribution in [-0.4, -0.2) is 28.9 Å². The molecule has 2 N–H and O–H groups in total. The fraction of sp³-hybridized carbons (Fsp3) is 0.158. The van der Waals surface area contributed by atoms with E-state index in [1.807, 2.05) is 24.3 Å². The molecule has 138 valence electrons. The second-order valence-corrected chi connectivity index (χ2v) is 5.65. The third kappa shape index (κ3) is 4.69. The first-order chi connectivity index (χ1) is 13.0. The lowest BCUT2D eigenvalue weighted by Gasteiger charge is -2.06. The first kappa shape index (κ1) is 18.1. The van der Waals surface area contributed by atoms with Gasteiger partial charge in [-0.1, -0.05) is 0 Å². The summed E-state index contributed by atoms with van der Waals surface area (Å²) < 4.78 is 10.6. The van der Waals surface area contributed by atoms with Crippen LogP contribution in [0.5, 0.6) is 5.75 Å². The summed E-state index contributed by atoms with van der Waals surface area (Å²) in [5, 5.41) is 5.28. The monoisotopic (exact) mass is 366 g/mol. The van der Waals surface area contributed by atoms with Gasteiger partial charge >= 0.3 is 0 Å². The molecular formula is C19H18N4O4. The SMILES string of the molecule is COc1ccc(-c2cc(NC(=O)c3ccc(CNC(C)=O)o3)ncn2)cc1. The lowest BCUT2D eigenvalue weighted by atomic mass is 10.1. The molecule has 0 atom stereocenters. The molecular weight excluding hydrogens is 348 g/mol. The van der Waals surface area contributed by atoms with Gasteiger partial charge in [0, 0.05) is 18.6 Å². The van der Waals surface area contributed by atoms with Gasteiger partial charge < -0.3 is 19.8 Å². The molecule has 0 saturated carbocycles. The maximum absolute atomic E-state index is 12.3. The van der Waals surface area contributed by atoms with Crippen LogP contribution in [-0.2, 0) is 11.3 Å². The zero-order valence-corrected chi connectivity index (χ0v) is 14.9. The van der Waals surface area contributed by atoms with E-state index in [-0.39, 0.29) is 18.2 Å². The standard InChI is InChI=1S/C19H18N4O4/c1-12(24)20-10-15-7-8-17(27-15)19(25)23-18-9-16(21-11-22-18)13-3-5-14(26-2)6-4-13/h3-9,11H,10H2,1-2H3,(H,20,24)(H,21,22,23,25). The molecule has 2 heterocycles. The maximum Gasteiger partial charge on any atom is 0.292 e. The van der Waals surface area contributed by atoms with E-state index < -0.39 is 5.91 Å². The van der Waals surface area contributed by atoms with Crippen LogP contribution in [0.4, 0.5) is 5.82 Å². The van der Waals surface area contributed by atoms with Gasteiger partial charge in [0.1, 0.15) is 23.7 Å². The number of nitrogens with zero attached hydrogens (tertiary/aromatic N) is 2. The quantitative estimate of drug-likeness (QED) is 0.695. The largest absolute Gasteiger partial charge is 0.497 e.